The number of nitrogens with zero attached hydrogens (tertiary/aromatic N) is 1. The van der Waals surface area contributed by atoms with E-state index in [0.717, 1.165) is 19.3 Å². The Balaban J connectivity index is 1.75. The van der Waals surface area contributed by atoms with E-state index in [4.69, 9.17) is 10.6 Å². The molecule has 0 saturated carbocycles. The zero-order valence-corrected chi connectivity index (χ0v) is 11.1. The van der Waals surface area contributed by atoms with Crippen LogP contribution in [0.25, 0.3) is 0 Å². The summed E-state index contributed by atoms with van der Waals surface area (Å²) >= 11 is 0. The Morgan fingerprint density at radius 1 is 1.37 bits per heavy atom. The summed E-state index contributed by atoms with van der Waals surface area (Å²) in [6.45, 7) is 0. The lowest BCUT2D eigenvalue weighted by molar-refractivity contribution is 0.0996. The highest BCUT2D eigenvalue weighted by Gasteiger charge is 2.42. The Morgan fingerprint density at radius 3 is 2.74 bits per heavy atom. The first kappa shape index (κ1) is 12.8. The third-order valence-electron chi connectivity index (χ3n) is 3.61. The van der Waals surface area contributed by atoms with Crippen LogP contribution in [0.2, 0.25) is 0 Å². The van der Waals surface area contributed by atoms with Crippen molar-refractivity contribution in [1.29, 1.82) is 0 Å². The molecule has 2 aliphatic heterocycles. The predicted molar refractivity (Wildman–Crippen MR) is 68.7 cm³/mol. The molecule has 3 unspecified atom stereocenters. The van der Waals surface area contributed by atoms with E-state index in [2.05, 4.69) is 15.1 Å². The molecule has 3 heterocycles. The number of sulfonamides is 1. The predicted octanol–water partition coefficient (Wildman–Crippen LogP) is -0.0346. The van der Waals surface area contributed by atoms with Gasteiger partial charge < -0.3 is 10.2 Å². The smallest absolute Gasteiger partial charge is 0.242 e. The highest BCUT2D eigenvalue weighted by atomic mass is 32.2. The zero-order valence-electron chi connectivity index (χ0n) is 10.2. The van der Waals surface area contributed by atoms with Crippen molar-refractivity contribution in [3.05, 3.63) is 18.3 Å². The summed E-state index contributed by atoms with van der Waals surface area (Å²) in [4.78, 5) is 4.03. The SMILES string of the molecule is NNc1ccc(S(=O)(=O)NC2CC3CCC2O3)cn1. The maximum absolute atomic E-state index is 12.2. The minimum absolute atomic E-state index is 0.0118. The Bertz CT molecular complexity index is 560. The van der Waals surface area contributed by atoms with E-state index in [0.29, 0.717) is 5.82 Å². The molecule has 1 aromatic rings. The van der Waals surface area contributed by atoms with Gasteiger partial charge in [0.05, 0.1) is 18.2 Å². The standard InChI is InChI=1S/C11H16N4O3S/c12-14-11-4-2-8(6-13-11)19(16,17)15-9-5-7-1-3-10(9)18-7/h2,4,6-7,9-10,15H,1,3,5,12H2,(H,13,14). The zero-order chi connectivity index (χ0) is 13.5. The lowest BCUT2D eigenvalue weighted by Crippen LogP contribution is -2.41. The molecule has 0 aromatic carbocycles. The van der Waals surface area contributed by atoms with Crippen molar-refractivity contribution in [3.63, 3.8) is 0 Å². The van der Waals surface area contributed by atoms with E-state index in [-0.39, 0.29) is 23.1 Å². The van der Waals surface area contributed by atoms with Crippen LogP contribution in [0.4, 0.5) is 5.82 Å². The van der Waals surface area contributed by atoms with Gasteiger partial charge in [-0.3, -0.25) is 0 Å². The number of nitrogens with two attached hydrogens (primary N) is 1. The maximum Gasteiger partial charge on any atom is 0.242 e. The van der Waals surface area contributed by atoms with Crippen molar-refractivity contribution in [1.82, 2.24) is 9.71 Å². The van der Waals surface area contributed by atoms with Crippen LogP contribution < -0.4 is 16.0 Å². The van der Waals surface area contributed by atoms with Crippen LogP contribution in [-0.4, -0.2) is 31.7 Å². The molecule has 0 radical (unpaired) electrons. The number of rotatable bonds is 4. The molecule has 0 aliphatic carbocycles. The summed E-state index contributed by atoms with van der Waals surface area (Å²) in [5.74, 6) is 5.61. The van der Waals surface area contributed by atoms with Crippen LogP contribution in [0.1, 0.15) is 19.3 Å². The minimum atomic E-state index is -3.55. The fourth-order valence-electron chi connectivity index (χ4n) is 2.65. The lowest BCUT2D eigenvalue weighted by atomic mass is 9.96. The van der Waals surface area contributed by atoms with Gasteiger partial charge in [0.1, 0.15) is 10.7 Å². The summed E-state index contributed by atoms with van der Waals surface area (Å²) in [6.07, 6.45) is 4.20. The summed E-state index contributed by atoms with van der Waals surface area (Å²) in [7, 11) is -3.55. The molecule has 3 atom stereocenters. The first-order chi connectivity index (χ1) is 9.08. The molecule has 2 saturated heterocycles. The second-order valence-corrected chi connectivity index (χ2v) is 6.57. The molecule has 8 heteroatoms. The monoisotopic (exact) mass is 284 g/mol. The second-order valence-electron chi connectivity index (χ2n) is 4.86. The summed E-state index contributed by atoms with van der Waals surface area (Å²) in [5.41, 5.74) is 2.35. The molecule has 2 aliphatic rings. The molecule has 104 valence electrons. The van der Waals surface area contributed by atoms with Gasteiger partial charge in [0.2, 0.25) is 10.0 Å². The molecule has 3 rings (SSSR count). The van der Waals surface area contributed by atoms with Crippen molar-refractivity contribution >= 4 is 15.8 Å². The van der Waals surface area contributed by atoms with E-state index in [1.807, 2.05) is 0 Å². The van der Waals surface area contributed by atoms with Gasteiger partial charge >= 0.3 is 0 Å². The van der Waals surface area contributed by atoms with Crippen molar-refractivity contribution in [3.8, 4) is 0 Å². The fourth-order valence-corrected chi connectivity index (χ4v) is 3.88. The Morgan fingerprint density at radius 2 is 2.21 bits per heavy atom. The summed E-state index contributed by atoms with van der Waals surface area (Å²) in [5, 5.41) is 0. The fraction of sp³-hybridized carbons (Fsp3) is 0.545. The van der Waals surface area contributed by atoms with Gasteiger partial charge in [-0.25, -0.2) is 24.0 Å². The molecule has 2 bridgehead atoms. The van der Waals surface area contributed by atoms with Crippen LogP contribution in [0.15, 0.2) is 23.2 Å². The number of nitrogen functional groups attached to an aromatic ring is 1. The normalized spacial score (nSPS) is 29.6. The number of ether oxygens (including phenoxy) is 1. The van der Waals surface area contributed by atoms with E-state index in [1.165, 1.54) is 18.3 Å². The first-order valence-electron chi connectivity index (χ1n) is 6.19. The van der Waals surface area contributed by atoms with Crippen LogP contribution >= 0.6 is 0 Å². The first-order valence-corrected chi connectivity index (χ1v) is 7.67. The molecule has 2 fully saturated rings. The van der Waals surface area contributed by atoms with Gasteiger partial charge in [0.15, 0.2) is 0 Å². The number of hydrogen-bond donors (Lipinski definition) is 3. The minimum Gasteiger partial charge on any atom is -0.373 e. The molecular weight excluding hydrogens is 268 g/mol. The third kappa shape index (κ3) is 2.44. The van der Waals surface area contributed by atoms with Gasteiger partial charge in [-0.05, 0) is 31.4 Å². The van der Waals surface area contributed by atoms with Crippen LogP contribution in [0, 0.1) is 0 Å². The molecule has 19 heavy (non-hydrogen) atoms. The van der Waals surface area contributed by atoms with Crippen molar-refractivity contribution in [2.75, 3.05) is 5.43 Å². The topological polar surface area (TPSA) is 106 Å². The summed E-state index contributed by atoms with van der Waals surface area (Å²) < 4.78 is 32.7. The van der Waals surface area contributed by atoms with Crippen LogP contribution in [0.5, 0.6) is 0 Å². The molecule has 4 N–H and O–H groups in total. The average Bonchev–Trinajstić information content (AvgIpc) is 3.00. The van der Waals surface area contributed by atoms with Crippen LogP contribution in [-0.2, 0) is 14.8 Å². The van der Waals surface area contributed by atoms with Crippen LogP contribution in [0.3, 0.4) is 0 Å². The lowest BCUT2D eigenvalue weighted by Gasteiger charge is -2.19. The third-order valence-corrected chi connectivity index (χ3v) is 5.08. The molecular formula is C11H16N4O3S. The van der Waals surface area contributed by atoms with E-state index in [9.17, 15) is 8.42 Å². The van der Waals surface area contributed by atoms with Gasteiger partial charge in [-0.2, -0.15) is 0 Å². The van der Waals surface area contributed by atoms with Gasteiger partial charge in [-0.15, -0.1) is 0 Å². The Labute approximate surface area is 111 Å². The number of nitrogens with one attached hydrogen (secondary N) is 2. The highest BCUT2D eigenvalue weighted by Crippen LogP contribution is 2.34. The Kier molecular flexibility index (Phi) is 3.17. The maximum atomic E-state index is 12.2. The average molecular weight is 284 g/mol. The van der Waals surface area contributed by atoms with Gasteiger partial charge in [0.25, 0.3) is 0 Å². The van der Waals surface area contributed by atoms with Crippen molar-refractivity contribution < 1.29 is 13.2 Å². The second kappa shape index (κ2) is 4.71. The van der Waals surface area contributed by atoms with E-state index in [1.54, 1.807) is 0 Å². The molecule has 7 nitrogen and oxygen atoms in total. The quantitative estimate of drug-likeness (QED) is 0.529. The largest absolute Gasteiger partial charge is 0.373 e. The van der Waals surface area contributed by atoms with E-state index >= 15 is 0 Å². The van der Waals surface area contributed by atoms with Gasteiger partial charge in [-0.1, -0.05) is 0 Å². The number of hydrazine groups is 1. The highest BCUT2D eigenvalue weighted by molar-refractivity contribution is 7.89. The molecule has 1 aromatic heterocycles. The van der Waals surface area contributed by atoms with Crippen molar-refractivity contribution in [2.45, 2.75) is 42.4 Å². The Hall–Kier alpha value is -1.22. The van der Waals surface area contributed by atoms with Crippen molar-refractivity contribution in [2.24, 2.45) is 5.84 Å². The van der Waals surface area contributed by atoms with Gasteiger partial charge in [0, 0.05) is 6.20 Å². The summed E-state index contributed by atoms with van der Waals surface area (Å²) in [6, 6.07) is 2.86. The molecule has 0 amide bonds. The van der Waals surface area contributed by atoms with E-state index < -0.39 is 10.0 Å². The number of hydrogen-bond acceptors (Lipinski definition) is 6. The number of fused-ring (bicyclic) bond motifs is 2. The number of anilines is 1. The number of aromatic nitrogens is 1. The molecule has 0 spiro atoms. The number of pyridine rings is 1.